The van der Waals surface area contributed by atoms with Crippen LogP contribution in [0.25, 0.3) is 21.8 Å². The lowest BCUT2D eigenvalue weighted by Crippen LogP contribution is -2.09. The van der Waals surface area contributed by atoms with Gasteiger partial charge < -0.3 is 20.9 Å². The fraction of sp³-hybridized carbons (Fsp3) is 0.167. The fourth-order valence-corrected chi connectivity index (χ4v) is 2.54. The van der Waals surface area contributed by atoms with E-state index in [-0.39, 0.29) is 5.43 Å². The summed E-state index contributed by atoms with van der Waals surface area (Å²) in [6.07, 6.45) is 1.74. The second-order valence-electron chi connectivity index (χ2n) is 5.34. The smallest absolute Gasteiger partial charge is 0.414 e. The molecule has 0 aliphatic carbocycles. The number of fused-ring (bicyclic) bond motifs is 2. The maximum absolute atomic E-state index is 12.6. The summed E-state index contributed by atoms with van der Waals surface area (Å²) < 4.78 is 0. The van der Waals surface area contributed by atoms with Gasteiger partial charge in [0.05, 0.1) is 5.52 Å². The van der Waals surface area contributed by atoms with Crippen LogP contribution in [0.4, 0.5) is 0 Å². The Bertz CT molecular complexity index is 966. The van der Waals surface area contributed by atoms with E-state index in [0.717, 1.165) is 40.2 Å². The number of carbonyl (C=O) groups is 2. The molecular weight excluding hydrogens is 324 g/mol. The highest BCUT2D eigenvalue weighted by Gasteiger charge is 2.08. The lowest BCUT2D eigenvalue weighted by Gasteiger charge is -2.07. The van der Waals surface area contributed by atoms with Crippen LogP contribution in [0.15, 0.2) is 47.3 Å². The Morgan fingerprint density at radius 2 is 1.60 bits per heavy atom. The van der Waals surface area contributed by atoms with Crippen LogP contribution in [0.5, 0.6) is 0 Å². The molecule has 1 aromatic heterocycles. The van der Waals surface area contributed by atoms with Crippen LogP contribution in [0.3, 0.4) is 0 Å². The molecule has 0 spiro atoms. The van der Waals surface area contributed by atoms with Crippen LogP contribution in [0, 0.1) is 0 Å². The molecule has 25 heavy (non-hydrogen) atoms. The monoisotopic (exact) mass is 342 g/mol. The van der Waals surface area contributed by atoms with Gasteiger partial charge in [0.2, 0.25) is 0 Å². The van der Waals surface area contributed by atoms with Crippen molar-refractivity contribution < 1.29 is 19.8 Å². The van der Waals surface area contributed by atoms with Crippen molar-refractivity contribution in [3.8, 4) is 0 Å². The molecule has 3 rings (SSSR count). The number of aromatic nitrogens is 1. The van der Waals surface area contributed by atoms with E-state index >= 15 is 0 Å². The molecule has 7 heteroatoms. The van der Waals surface area contributed by atoms with Crippen molar-refractivity contribution in [2.45, 2.75) is 12.8 Å². The minimum Gasteiger partial charge on any atom is -0.473 e. The number of aromatic amines is 1. The summed E-state index contributed by atoms with van der Waals surface area (Å²) in [5, 5.41) is 16.3. The number of aryl methyl sites for hydroxylation is 1. The molecule has 5 N–H and O–H groups in total. The standard InChI is InChI=1S/C16H16N2O.C2H2O4/c17-10-4-6-11-5-3-9-14-15(11)16(19)12-7-1-2-8-13(12)18-14;3-1(4)2(5)6/h1-3,5,7-9H,4,6,10,17H2,(H,18,19);(H,3,4)(H,5,6). The number of nitrogens with two attached hydrogens (primary N) is 1. The van der Waals surface area contributed by atoms with Gasteiger partial charge in [-0.1, -0.05) is 24.3 Å². The maximum atomic E-state index is 12.6. The number of aliphatic carboxylic acids is 2. The minimum absolute atomic E-state index is 0.108. The first-order valence-electron chi connectivity index (χ1n) is 7.64. The van der Waals surface area contributed by atoms with Crippen LogP contribution in [0.2, 0.25) is 0 Å². The summed E-state index contributed by atoms with van der Waals surface area (Å²) >= 11 is 0. The zero-order valence-electron chi connectivity index (χ0n) is 13.4. The maximum Gasteiger partial charge on any atom is 0.414 e. The van der Waals surface area contributed by atoms with Gasteiger partial charge in [0.25, 0.3) is 0 Å². The van der Waals surface area contributed by atoms with Gasteiger partial charge in [-0.2, -0.15) is 0 Å². The molecule has 0 amide bonds. The van der Waals surface area contributed by atoms with Crippen molar-refractivity contribution in [3.05, 3.63) is 58.3 Å². The van der Waals surface area contributed by atoms with Gasteiger partial charge in [-0.3, -0.25) is 4.79 Å². The van der Waals surface area contributed by atoms with E-state index in [0.29, 0.717) is 6.54 Å². The molecule has 0 aliphatic heterocycles. The number of nitrogens with one attached hydrogen (secondary N) is 1. The molecule has 0 fully saturated rings. The fourth-order valence-electron chi connectivity index (χ4n) is 2.54. The highest BCUT2D eigenvalue weighted by molar-refractivity contribution is 6.27. The van der Waals surface area contributed by atoms with Gasteiger partial charge in [0.15, 0.2) is 5.43 Å². The van der Waals surface area contributed by atoms with E-state index < -0.39 is 11.9 Å². The van der Waals surface area contributed by atoms with Crippen molar-refractivity contribution in [1.82, 2.24) is 4.98 Å². The van der Waals surface area contributed by atoms with Gasteiger partial charge in [0, 0.05) is 16.3 Å². The first kappa shape index (κ1) is 18.2. The lowest BCUT2D eigenvalue weighted by molar-refractivity contribution is -0.159. The van der Waals surface area contributed by atoms with E-state index in [9.17, 15) is 4.79 Å². The SMILES string of the molecule is NCCCc1cccc2[nH]c3ccccc3c(=O)c12.O=C(O)C(=O)O. The number of carboxylic acid groups (broad SMARTS) is 2. The first-order valence-corrected chi connectivity index (χ1v) is 7.64. The van der Waals surface area contributed by atoms with Crippen LogP contribution in [0.1, 0.15) is 12.0 Å². The average Bonchev–Trinajstić information content (AvgIpc) is 2.60. The molecule has 0 saturated carbocycles. The molecular formula is C18H18N2O5. The number of pyridine rings is 1. The van der Waals surface area contributed by atoms with E-state index in [1.165, 1.54) is 0 Å². The second-order valence-corrected chi connectivity index (χ2v) is 5.34. The highest BCUT2D eigenvalue weighted by atomic mass is 16.4. The summed E-state index contributed by atoms with van der Waals surface area (Å²) in [6.45, 7) is 0.641. The van der Waals surface area contributed by atoms with Crippen LogP contribution in [-0.4, -0.2) is 33.7 Å². The zero-order chi connectivity index (χ0) is 18.4. The number of para-hydroxylation sites is 1. The zero-order valence-corrected chi connectivity index (χ0v) is 13.4. The van der Waals surface area contributed by atoms with Crippen molar-refractivity contribution in [3.63, 3.8) is 0 Å². The number of rotatable bonds is 3. The Morgan fingerprint density at radius 3 is 2.24 bits per heavy atom. The van der Waals surface area contributed by atoms with E-state index in [1.54, 1.807) is 0 Å². The van der Waals surface area contributed by atoms with Crippen molar-refractivity contribution in [2.24, 2.45) is 5.73 Å². The average molecular weight is 342 g/mol. The third-order valence-electron chi connectivity index (χ3n) is 3.65. The van der Waals surface area contributed by atoms with Crippen molar-refractivity contribution in [1.29, 1.82) is 0 Å². The molecule has 0 saturated heterocycles. The number of benzene rings is 2. The molecule has 130 valence electrons. The highest BCUT2D eigenvalue weighted by Crippen LogP contribution is 2.18. The number of carboxylic acids is 2. The summed E-state index contributed by atoms with van der Waals surface area (Å²) in [6, 6.07) is 13.6. The third-order valence-corrected chi connectivity index (χ3v) is 3.65. The summed E-state index contributed by atoms with van der Waals surface area (Å²) in [5.41, 5.74) is 8.54. The van der Waals surface area contributed by atoms with E-state index in [1.807, 2.05) is 42.5 Å². The van der Waals surface area contributed by atoms with Crippen molar-refractivity contribution in [2.75, 3.05) is 6.54 Å². The summed E-state index contributed by atoms with van der Waals surface area (Å²) in [7, 11) is 0. The molecule has 2 aromatic carbocycles. The summed E-state index contributed by atoms with van der Waals surface area (Å²) in [4.78, 5) is 34.2. The molecule has 1 heterocycles. The Balaban J connectivity index is 0.000000326. The number of hydrogen-bond acceptors (Lipinski definition) is 4. The molecule has 7 nitrogen and oxygen atoms in total. The molecule has 0 aliphatic rings. The predicted octanol–water partition coefficient (Wildman–Crippen LogP) is 1.73. The quantitative estimate of drug-likeness (QED) is 0.423. The molecule has 0 unspecified atom stereocenters. The Labute approximate surface area is 142 Å². The van der Waals surface area contributed by atoms with E-state index in [4.69, 9.17) is 25.5 Å². The Hall–Kier alpha value is -3.19. The lowest BCUT2D eigenvalue weighted by atomic mass is 10.0. The van der Waals surface area contributed by atoms with Crippen LogP contribution in [-0.2, 0) is 16.0 Å². The number of H-pyrrole nitrogens is 1. The Morgan fingerprint density at radius 1 is 0.960 bits per heavy atom. The predicted molar refractivity (Wildman–Crippen MR) is 94.7 cm³/mol. The Kier molecular flexibility index (Phi) is 5.86. The topological polar surface area (TPSA) is 133 Å². The van der Waals surface area contributed by atoms with E-state index in [2.05, 4.69) is 4.98 Å². The third kappa shape index (κ3) is 4.21. The molecule has 0 radical (unpaired) electrons. The van der Waals surface area contributed by atoms with Crippen molar-refractivity contribution >= 4 is 33.7 Å². The second kappa shape index (κ2) is 8.07. The molecule has 0 bridgehead atoms. The van der Waals surface area contributed by atoms with Crippen LogP contribution >= 0.6 is 0 Å². The van der Waals surface area contributed by atoms with Gasteiger partial charge >= 0.3 is 11.9 Å². The number of hydrogen-bond donors (Lipinski definition) is 4. The molecule has 3 aromatic rings. The van der Waals surface area contributed by atoms with Gasteiger partial charge in [-0.05, 0) is 43.1 Å². The first-order chi connectivity index (χ1) is 12.0. The summed E-state index contributed by atoms with van der Waals surface area (Å²) in [5.74, 6) is -3.65. The molecule has 0 atom stereocenters. The normalized spacial score (nSPS) is 10.3. The largest absolute Gasteiger partial charge is 0.473 e. The van der Waals surface area contributed by atoms with Gasteiger partial charge in [-0.15, -0.1) is 0 Å². The minimum atomic E-state index is -1.82. The van der Waals surface area contributed by atoms with Gasteiger partial charge in [0.1, 0.15) is 0 Å². The van der Waals surface area contributed by atoms with Crippen LogP contribution < -0.4 is 11.2 Å². The van der Waals surface area contributed by atoms with Gasteiger partial charge in [-0.25, -0.2) is 9.59 Å².